The highest BCUT2D eigenvalue weighted by Gasteiger charge is 2.24. The van der Waals surface area contributed by atoms with Crippen LogP contribution in [0.15, 0.2) is 54.6 Å². The van der Waals surface area contributed by atoms with Crippen LogP contribution in [-0.2, 0) is 13.0 Å². The van der Waals surface area contributed by atoms with Crippen molar-refractivity contribution in [2.45, 2.75) is 19.9 Å². The number of ether oxygens (including phenoxy) is 1. The molecule has 2 amide bonds. The number of hydrogen-bond acceptors (Lipinski definition) is 3. The Morgan fingerprint density at radius 1 is 1.19 bits per heavy atom. The van der Waals surface area contributed by atoms with Gasteiger partial charge in [-0.05, 0) is 31.2 Å². The number of nitrogens with zero attached hydrogens (tertiary/aromatic N) is 2. The second-order valence-corrected chi connectivity index (χ2v) is 6.44. The van der Waals surface area contributed by atoms with E-state index in [4.69, 9.17) is 9.72 Å². The molecule has 0 unspecified atom stereocenters. The molecule has 1 aromatic heterocycles. The van der Waals surface area contributed by atoms with Crippen molar-refractivity contribution in [3.8, 4) is 17.1 Å². The lowest BCUT2D eigenvalue weighted by Gasteiger charge is -2.26. The molecule has 2 heterocycles. The Bertz CT molecular complexity index is 919. The van der Waals surface area contributed by atoms with Crippen LogP contribution in [0.4, 0.5) is 10.5 Å². The van der Waals surface area contributed by atoms with Crippen molar-refractivity contribution in [1.82, 2.24) is 14.9 Å². The lowest BCUT2D eigenvalue weighted by Crippen LogP contribution is -2.38. The second-order valence-electron chi connectivity index (χ2n) is 6.44. The van der Waals surface area contributed by atoms with Crippen LogP contribution in [0, 0.1) is 0 Å². The van der Waals surface area contributed by atoms with Gasteiger partial charge in [0.25, 0.3) is 0 Å². The fourth-order valence-electron chi connectivity index (χ4n) is 3.20. The third-order valence-corrected chi connectivity index (χ3v) is 4.58. The first-order chi connectivity index (χ1) is 13.2. The molecule has 6 nitrogen and oxygen atoms in total. The van der Waals surface area contributed by atoms with E-state index in [9.17, 15) is 4.79 Å². The van der Waals surface area contributed by atoms with E-state index in [1.807, 2.05) is 61.5 Å². The molecule has 0 spiro atoms. The number of aromatic amines is 1. The highest BCUT2D eigenvalue weighted by Crippen LogP contribution is 2.23. The van der Waals surface area contributed by atoms with Gasteiger partial charge in [-0.25, -0.2) is 9.78 Å². The van der Waals surface area contributed by atoms with Gasteiger partial charge in [0.1, 0.15) is 11.6 Å². The summed E-state index contributed by atoms with van der Waals surface area (Å²) in [5.41, 5.74) is 3.85. The SMILES string of the molecule is CCOc1ccc(NC(=O)N2CCc3nc(-c4ccccc4)[nH]c3C2)cc1. The quantitative estimate of drug-likeness (QED) is 0.735. The van der Waals surface area contributed by atoms with Crippen molar-refractivity contribution < 1.29 is 9.53 Å². The molecule has 138 valence electrons. The normalized spacial score (nSPS) is 13.1. The monoisotopic (exact) mass is 362 g/mol. The number of nitrogens with one attached hydrogen (secondary N) is 2. The number of rotatable bonds is 4. The second kappa shape index (κ2) is 7.53. The average molecular weight is 362 g/mol. The molecule has 1 aliphatic rings. The molecule has 0 saturated heterocycles. The van der Waals surface area contributed by atoms with Crippen LogP contribution in [-0.4, -0.2) is 34.1 Å². The molecule has 0 atom stereocenters. The van der Waals surface area contributed by atoms with E-state index >= 15 is 0 Å². The number of carbonyl (C=O) groups excluding carboxylic acids is 1. The third kappa shape index (κ3) is 3.79. The van der Waals surface area contributed by atoms with E-state index in [0.717, 1.165) is 40.6 Å². The zero-order valence-electron chi connectivity index (χ0n) is 15.2. The zero-order chi connectivity index (χ0) is 18.6. The number of anilines is 1. The minimum Gasteiger partial charge on any atom is -0.494 e. The number of H-pyrrole nitrogens is 1. The Morgan fingerprint density at radius 3 is 2.70 bits per heavy atom. The third-order valence-electron chi connectivity index (χ3n) is 4.58. The van der Waals surface area contributed by atoms with Gasteiger partial charge in [0.2, 0.25) is 0 Å². The van der Waals surface area contributed by atoms with Crippen molar-refractivity contribution in [2.75, 3.05) is 18.5 Å². The highest BCUT2D eigenvalue weighted by atomic mass is 16.5. The Kier molecular flexibility index (Phi) is 4.78. The zero-order valence-corrected chi connectivity index (χ0v) is 15.2. The molecule has 3 aromatic rings. The van der Waals surface area contributed by atoms with Crippen molar-refractivity contribution in [3.63, 3.8) is 0 Å². The molecule has 0 aliphatic carbocycles. The maximum absolute atomic E-state index is 12.6. The molecule has 27 heavy (non-hydrogen) atoms. The molecule has 0 radical (unpaired) electrons. The molecular weight excluding hydrogens is 340 g/mol. The largest absolute Gasteiger partial charge is 0.494 e. The molecule has 4 rings (SSSR count). The van der Waals surface area contributed by atoms with Gasteiger partial charge in [0.15, 0.2) is 0 Å². The van der Waals surface area contributed by atoms with Crippen LogP contribution < -0.4 is 10.1 Å². The van der Waals surface area contributed by atoms with Crippen molar-refractivity contribution in [1.29, 1.82) is 0 Å². The topological polar surface area (TPSA) is 70.2 Å². The lowest BCUT2D eigenvalue weighted by atomic mass is 10.1. The van der Waals surface area contributed by atoms with E-state index < -0.39 is 0 Å². The van der Waals surface area contributed by atoms with E-state index in [2.05, 4.69) is 10.3 Å². The summed E-state index contributed by atoms with van der Waals surface area (Å²) in [5, 5.41) is 2.95. The van der Waals surface area contributed by atoms with Gasteiger partial charge in [-0.1, -0.05) is 30.3 Å². The molecule has 2 aromatic carbocycles. The Balaban J connectivity index is 1.43. The fraction of sp³-hybridized carbons (Fsp3) is 0.238. The van der Waals surface area contributed by atoms with Crippen LogP contribution in [0.2, 0.25) is 0 Å². The minimum atomic E-state index is -0.110. The lowest BCUT2D eigenvalue weighted by molar-refractivity contribution is 0.205. The van der Waals surface area contributed by atoms with Gasteiger partial charge in [-0.15, -0.1) is 0 Å². The maximum Gasteiger partial charge on any atom is 0.322 e. The van der Waals surface area contributed by atoms with Crippen LogP contribution in [0.5, 0.6) is 5.75 Å². The average Bonchev–Trinajstić information content (AvgIpc) is 3.14. The van der Waals surface area contributed by atoms with Crippen molar-refractivity contribution in [3.05, 3.63) is 66.0 Å². The van der Waals surface area contributed by atoms with Crippen LogP contribution in [0.3, 0.4) is 0 Å². The summed E-state index contributed by atoms with van der Waals surface area (Å²) in [5.74, 6) is 1.65. The number of urea groups is 1. The number of imidazole rings is 1. The fourth-order valence-corrected chi connectivity index (χ4v) is 3.20. The number of carbonyl (C=O) groups is 1. The van der Waals surface area contributed by atoms with Gasteiger partial charge < -0.3 is 19.9 Å². The summed E-state index contributed by atoms with van der Waals surface area (Å²) in [6.45, 7) is 3.74. The standard InChI is InChI=1S/C21H22N4O2/c1-2-27-17-10-8-16(9-11-17)22-21(26)25-13-12-18-19(14-25)24-20(23-18)15-6-4-3-5-7-15/h3-11H,2,12-14H2,1H3,(H,22,26)(H,23,24). The van der Waals surface area contributed by atoms with Gasteiger partial charge in [0, 0.05) is 24.2 Å². The molecule has 0 saturated carbocycles. The number of fused-ring (bicyclic) bond motifs is 1. The van der Waals surface area contributed by atoms with E-state index in [1.54, 1.807) is 4.90 Å². The Hall–Kier alpha value is -3.28. The Morgan fingerprint density at radius 2 is 1.96 bits per heavy atom. The number of benzene rings is 2. The summed E-state index contributed by atoms with van der Waals surface area (Å²) >= 11 is 0. The Labute approximate surface area is 158 Å². The van der Waals surface area contributed by atoms with E-state index in [0.29, 0.717) is 19.7 Å². The molecule has 1 aliphatic heterocycles. The smallest absolute Gasteiger partial charge is 0.322 e. The number of aromatic nitrogens is 2. The maximum atomic E-state index is 12.6. The van der Waals surface area contributed by atoms with E-state index in [1.165, 1.54) is 0 Å². The molecule has 6 heteroatoms. The summed E-state index contributed by atoms with van der Waals surface area (Å²) in [6.07, 6.45) is 0.745. The number of amides is 2. The summed E-state index contributed by atoms with van der Waals surface area (Å²) < 4.78 is 5.43. The van der Waals surface area contributed by atoms with Gasteiger partial charge >= 0.3 is 6.03 Å². The first kappa shape index (κ1) is 17.1. The van der Waals surface area contributed by atoms with Gasteiger partial charge in [-0.3, -0.25) is 0 Å². The predicted octanol–water partition coefficient (Wildman–Crippen LogP) is 4.07. The highest BCUT2D eigenvalue weighted by molar-refractivity contribution is 5.89. The molecule has 0 fully saturated rings. The van der Waals surface area contributed by atoms with Crippen LogP contribution in [0.1, 0.15) is 18.3 Å². The number of hydrogen-bond donors (Lipinski definition) is 2. The van der Waals surface area contributed by atoms with Crippen LogP contribution >= 0.6 is 0 Å². The molecular formula is C21H22N4O2. The first-order valence-corrected chi connectivity index (χ1v) is 9.15. The molecule has 0 bridgehead atoms. The minimum absolute atomic E-state index is 0.110. The summed E-state index contributed by atoms with van der Waals surface area (Å²) in [4.78, 5) is 22.5. The van der Waals surface area contributed by atoms with Crippen molar-refractivity contribution in [2.24, 2.45) is 0 Å². The van der Waals surface area contributed by atoms with Crippen LogP contribution in [0.25, 0.3) is 11.4 Å². The molecule has 2 N–H and O–H groups in total. The van der Waals surface area contributed by atoms with Gasteiger partial charge in [-0.2, -0.15) is 0 Å². The summed E-state index contributed by atoms with van der Waals surface area (Å²) in [7, 11) is 0. The predicted molar refractivity (Wildman–Crippen MR) is 105 cm³/mol. The summed E-state index contributed by atoms with van der Waals surface area (Å²) in [6, 6.07) is 17.3. The van der Waals surface area contributed by atoms with Gasteiger partial charge in [0.05, 0.1) is 24.5 Å². The van der Waals surface area contributed by atoms with Crippen molar-refractivity contribution >= 4 is 11.7 Å². The first-order valence-electron chi connectivity index (χ1n) is 9.15. The van der Waals surface area contributed by atoms with E-state index in [-0.39, 0.29) is 6.03 Å².